The highest BCUT2D eigenvalue weighted by atomic mass is 15.3. The van der Waals surface area contributed by atoms with Crippen LogP contribution in [0.2, 0.25) is 0 Å². The lowest BCUT2D eigenvalue weighted by molar-refractivity contribution is 0.421. The van der Waals surface area contributed by atoms with Gasteiger partial charge in [-0.2, -0.15) is 5.10 Å². The molecule has 0 unspecified atom stereocenters. The Labute approximate surface area is 92.7 Å². The molecule has 1 aromatic rings. The number of nitrogen functional groups attached to an aromatic ring is 1. The topological polar surface area (TPSA) is 43.8 Å². The van der Waals surface area contributed by atoms with E-state index in [4.69, 9.17) is 5.73 Å². The molecule has 2 N–H and O–H groups in total. The SMILES string of the molecule is CCC(CC)n1nc(C(C)(C)C)cc1N. The Hall–Kier alpha value is -0.990. The van der Waals surface area contributed by atoms with E-state index in [1.54, 1.807) is 0 Å². The first-order valence-corrected chi connectivity index (χ1v) is 5.75. The minimum Gasteiger partial charge on any atom is -0.384 e. The molecule has 0 aliphatic carbocycles. The van der Waals surface area contributed by atoms with Crippen LogP contribution in [0.5, 0.6) is 0 Å². The molecule has 0 amide bonds. The Morgan fingerprint density at radius 3 is 2.20 bits per heavy atom. The number of hydrogen-bond donors (Lipinski definition) is 1. The first-order chi connectivity index (χ1) is 6.90. The molecule has 1 aromatic heterocycles. The summed E-state index contributed by atoms with van der Waals surface area (Å²) < 4.78 is 1.97. The first-order valence-electron chi connectivity index (χ1n) is 5.75. The molecule has 0 spiro atoms. The van der Waals surface area contributed by atoms with E-state index >= 15 is 0 Å². The molecule has 0 atom stereocenters. The molecular weight excluding hydrogens is 186 g/mol. The monoisotopic (exact) mass is 209 g/mol. The summed E-state index contributed by atoms with van der Waals surface area (Å²) in [7, 11) is 0. The van der Waals surface area contributed by atoms with Gasteiger partial charge in [0.15, 0.2) is 0 Å². The summed E-state index contributed by atoms with van der Waals surface area (Å²) in [6, 6.07) is 2.43. The van der Waals surface area contributed by atoms with E-state index in [0.29, 0.717) is 6.04 Å². The van der Waals surface area contributed by atoms with Gasteiger partial charge in [0.25, 0.3) is 0 Å². The Morgan fingerprint density at radius 2 is 1.87 bits per heavy atom. The molecule has 0 aliphatic heterocycles. The maximum atomic E-state index is 5.99. The van der Waals surface area contributed by atoms with Gasteiger partial charge in [-0.05, 0) is 12.8 Å². The number of rotatable bonds is 3. The van der Waals surface area contributed by atoms with Gasteiger partial charge in [0.1, 0.15) is 5.82 Å². The predicted octanol–water partition coefficient (Wildman–Crippen LogP) is 3.12. The fraction of sp³-hybridized carbons (Fsp3) is 0.750. The summed E-state index contributed by atoms with van der Waals surface area (Å²) in [5.41, 5.74) is 7.14. The molecule has 1 heterocycles. The molecule has 0 saturated carbocycles. The number of nitrogens with two attached hydrogens (primary N) is 1. The minimum atomic E-state index is 0.0748. The molecule has 3 nitrogen and oxygen atoms in total. The average Bonchev–Trinajstić information content (AvgIpc) is 2.50. The van der Waals surface area contributed by atoms with Crippen molar-refractivity contribution >= 4 is 5.82 Å². The third-order valence-electron chi connectivity index (χ3n) is 2.82. The quantitative estimate of drug-likeness (QED) is 0.831. The van der Waals surface area contributed by atoms with Crippen molar-refractivity contribution in [2.24, 2.45) is 0 Å². The van der Waals surface area contributed by atoms with Crippen LogP contribution in [0, 0.1) is 0 Å². The Balaban J connectivity index is 3.06. The summed E-state index contributed by atoms with van der Waals surface area (Å²) in [5.74, 6) is 0.786. The van der Waals surface area contributed by atoms with Crippen LogP contribution in [-0.4, -0.2) is 9.78 Å². The second-order valence-electron chi connectivity index (χ2n) is 5.12. The molecule has 3 heteroatoms. The van der Waals surface area contributed by atoms with E-state index in [2.05, 4.69) is 39.7 Å². The highest BCUT2D eigenvalue weighted by Crippen LogP contribution is 2.26. The normalized spacial score (nSPS) is 12.4. The molecule has 0 saturated heterocycles. The maximum absolute atomic E-state index is 5.99. The lowest BCUT2D eigenvalue weighted by atomic mass is 9.92. The van der Waals surface area contributed by atoms with Gasteiger partial charge in [-0.25, -0.2) is 4.68 Å². The lowest BCUT2D eigenvalue weighted by Crippen LogP contribution is -2.15. The molecule has 15 heavy (non-hydrogen) atoms. The van der Waals surface area contributed by atoms with E-state index in [1.165, 1.54) is 0 Å². The van der Waals surface area contributed by atoms with Crippen LogP contribution in [0.15, 0.2) is 6.07 Å². The van der Waals surface area contributed by atoms with E-state index in [0.717, 1.165) is 24.4 Å². The van der Waals surface area contributed by atoms with Gasteiger partial charge < -0.3 is 5.73 Å². The Bertz CT molecular complexity index is 316. The van der Waals surface area contributed by atoms with E-state index < -0.39 is 0 Å². The molecule has 1 rings (SSSR count). The van der Waals surface area contributed by atoms with E-state index in [-0.39, 0.29) is 5.41 Å². The van der Waals surface area contributed by atoms with Crippen molar-refractivity contribution in [1.29, 1.82) is 0 Å². The summed E-state index contributed by atoms with van der Waals surface area (Å²) in [6.45, 7) is 10.8. The molecule has 0 bridgehead atoms. The average molecular weight is 209 g/mol. The molecular formula is C12H23N3. The zero-order valence-corrected chi connectivity index (χ0v) is 10.5. The lowest BCUT2D eigenvalue weighted by Gasteiger charge is -2.16. The van der Waals surface area contributed by atoms with Gasteiger partial charge in [-0.3, -0.25) is 0 Å². The fourth-order valence-corrected chi connectivity index (χ4v) is 1.70. The highest BCUT2D eigenvalue weighted by molar-refractivity contribution is 5.34. The van der Waals surface area contributed by atoms with Crippen LogP contribution in [0.4, 0.5) is 5.82 Å². The fourth-order valence-electron chi connectivity index (χ4n) is 1.70. The van der Waals surface area contributed by atoms with Crippen LogP contribution in [0.25, 0.3) is 0 Å². The molecule has 0 fully saturated rings. The number of aromatic nitrogens is 2. The predicted molar refractivity (Wildman–Crippen MR) is 65.0 cm³/mol. The highest BCUT2D eigenvalue weighted by Gasteiger charge is 2.20. The van der Waals surface area contributed by atoms with Gasteiger partial charge in [-0.15, -0.1) is 0 Å². The summed E-state index contributed by atoms with van der Waals surface area (Å²) in [6.07, 6.45) is 2.15. The third kappa shape index (κ3) is 2.52. The van der Waals surface area contributed by atoms with E-state index in [1.807, 2.05) is 10.7 Å². The van der Waals surface area contributed by atoms with Gasteiger partial charge in [0, 0.05) is 11.5 Å². The van der Waals surface area contributed by atoms with Crippen LogP contribution in [0.3, 0.4) is 0 Å². The second kappa shape index (κ2) is 4.25. The molecule has 0 radical (unpaired) electrons. The van der Waals surface area contributed by atoms with Crippen LogP contribution >= 0.6 is 0 Å². The van der Waals surface area contributed by atoms with Gasteiger partial charge in [0.2, 0.25) is 0 Å². The van der Waals surface area contributed by atoms with Crippen LogP contribution in [0.1, 0.15) is 59.2 Å². The summed E-state index contributed by atoms with van der Waals surface area (Å²) >= 11 is 0. The second-order valence-corrected chi connectivity index (χ2v) is 5.12. The summed E-state index contributed by atoms with van der Waals surface area (Å²) in [4.78, 5) is 0. The van der Waals surface area contributed by atoms with E-state index in [9.17, 15) is 0 Å². The molecule has 0 aromatic carbocycles. The zero-order valence-electron chi connectivity index (χ0n) is 10.5. The van der Waals surface area contributed by atoms with Crippen molar-refractivity contribution in [3.8, 4) is 0 Å². The maximum Gasteiger partial charge on any atom is 0.122 e. The third-order valence-corrected chi connectivity index (χ3v) is 2.82. The van der Waals surface area contributed by atoms with Crippen LogP contribution in [-0.2, 0) is 5.41 Å². The van der Waals surface area contributed by atoms with Crippen molar-refractivity contribution in [2.75, 3.05) is 5.73 Å². The molecule has 0 aliphatic rings. The van der Waals surface area contributed by atoms with Crippen molar-refractivity contribution in [3.05, 3.63) is 11.8 Å². The summed E-state index contributed by atoms with van der Waals surface area (Å²) in [5, 5.41) is 4.61. The zero-order chi connectivity index (χ0) is 11.6. The minimum absolute atomic E-state index is 0.0748. The van der Waals surface area contributed by atoms with Gasteiger partial charge in [0.05, 0.1) is 11.7 Å². The number of anilines is 1. The Morgan fingerprint density at radius 1 is 1.33 bits per heavy atom. The van der Waals surface area contributed by atoms with Crippen molar-refractivity contribution in [1.82, 2.24) is 9.78 Å². The Kier molecular flexibility index (Phi) is 3.42. The number of nitrogens with zero attached hydrogens (tertiary/aromatic N) is 2. The van der Waals surface area contributed by atoms with Crippen LogP contribution < -0.4 is 5.73 Å². The van der Waals surface area contributed by atoms with Gasteiger partial charge in [-0.1, -0.05) is 34.6 Å². The van der Waals surface area contributed by atoms with Crippen molar-refractivity contribution in [2.45, 2.75) is 58.9 Å². The first kappa shape index (κ1) is 12.1. The standard InChI is InChI=1S/C12H23N3/c1-6-9(7-2)15-11(13)8-10(14-15)12(3,4)5/h8-9H,6-7,13H2,1-5H3. The van der Waals surface area contributed by atoms with Gasteiger partial charge >= 0.3 is 0 Å². The van der Waals surface area contributed by atoms with Crippen molar-refractivity contribution < 1.29 is 0 Å². The number of hydrogen-bond acceptors (Lipinski definition) is 2. The largest absolute Gasteiger partial charge is 0.384 e. The molecule has 86 valence electrons. The van der Waals surface area contributed by atoms with Crippen molar-refractivity contribution in [3.63, 3.8) is 0 Å². The smallest absolute Gasteiger partial charge is 0.122 e.